The minimum absolute atomic E-state index is 0.373. The van der Waals surface area contributed by atoms with Crippen LogP contribution in [-0.4, -0.2) is 75.3 Å². The molecule has 2 fully saturated rings. The molecule has 0 unspecified atom stereocenters. The van der Waals surface area contributed by atoms with Gasteiger partial charge in [-0.15, -0.1) is 0 Å². The van der Waals surface area contributed by atoms with Crippen LogP contribution in [0.2, 0.25) is 0 Å². The van der Waals surface area contributed by atoms with Gasteiger partial charge in [0.05, 0.1) is 13.2 Å². The second-order valence-corrected chi connectivity index (χ2v) is 7.99. The predicted molar refractivity (Wildman–Crippen MR) is 109 cm³/mol. The van der Waals surface area contributed by atoms with Crippen molar-refractivity contribution in [1.29, 1.82) is 0 Å². The van der Waals surface area contributed by atoms with Crippen molar-refractivity contribution < 1.29 is 37.3 Å². The molecule has 9 heteroatoms. The van der Waals surface area contributed by atoms with Crippen molar-refractivity contribution >= 4 is 5.97 Å². The van der Waals surface area contributed by atoms with Crippen molar-refractivity contribution in [3.05, 3.63) is 29.8 Å². The molecule has 2 aliphatic heterocycles. The van der Waals surface area contributed by atoms with E-state index < -0.39 is 12.1 Å². The fourth-order valence-electron chi connectivity index (χ4n) is 4.12. The highest BCUT2D eigenvalue weighted by molar-refractivity contribution is 5.73. The van der Waals surface area contributed by atoms with E-state index in [-0.39, 0.29) is 0 Å². The summed E-state index contributed by atoms with van der Waals surface area (Å²) < 4.78 is 48.3. The first kappa shape index (κ1) is 25.4. The number of methoxy groups -OCH3 is 2. The number of hydrogen-bond acceptors (Lipinski definition) is 5. The van der Waals surface area contributed by atoms with Gasteiger partial charge in [-0.2, -0.15) is 13.2 Å². The lowest BCUT2D eigenvalue weighted by Crippen LogP contribution is -2.46. The van der Waals surface area contributed by atoms with Crippen LogP contribution in [0.3, 0.4) is 0 Å². The first-order valence-corrected chi connectivity index (χ1v) is 10.5. The van der Waals surface area contributed by atoms with Crippen LogP contribution >= 0.6 is 0 Å². The quantitative estimate of drug-likeness (QED) is 0.718. The first-order chi connectivity index (χ1) is 14.7. The van der Waals surface area contributed by atoms with Crippen LogP contribution in [0, 0.1) is 11.8 Å². The van der Waals surface area contributed by atoms with E-state index in [0.717, 1.165) is 50.8 Å². The Morgan fingerprint density at radius 3 is 2.29 bits per heavy atom. The van der Waals surface area contributed by atoms with E-state index in [1.807, 2.05) is 7.11 Å². The van der Waals surface area contributed by atoms with Crippen molar-refractivity contribution in [3.63, 3.8) is 0 Å². The third-order valence-electron chi connectivity index (χ3n) is 5.81. The van der Waals surface area contributed by atoms with Crippen molar-refractivity contribution in [2.75, 3.05) is 47.1 Å². The highest BCUT2D eigenvalue weighted by Crippen LogP contribution is 2.26. The number of carboxylic acid groups (broad SMARTS) is 1. The van der Waals surface area contributed by atoms with Crippen LogP contribution in [0.5, 0.6) is 5.75 Å². The lowest BCUT2D eigenvalue weighted by molar-refractivity contribution is -0.192. The zero-order chi connectivity index (χ0) is 22.9. The number of carbonyl (C=O) groups is 1. The van der Waals surface area contributed by atoms with Crippen LogP contribution in [0.1, 0.15) is 24.8 Å². The zero-order valence-electron chi connectivity index (χ0n) is 18.1. The van der Waals surface area contributed by atoms with Gasteiger partial charge in [-0.1, -0.05) is 12.1 Å². The molecule has 0 aromatic heterocycles. The second-order valence-electron chi connectivity index (χ2n) is 7.99. The van der Waals surface area contributed by atoms with E-state index in [4.69, 9.17) is 24.1 Å². The molecular formula is C22H32F3NO5. The maximum Gasteiger partial charge on any atom is 0.490 e. The zero-order valence-corrected chi connectivity index (χ0v) is 18.1. The lowest BCUT2D eigenvalue weighted by Gasteiger charge is -2.40. The third kappa shape index (κ3) is 8.66. The maximum absolute atomic E-state index is 10.6. The molecule has 2 aliphatic rings. The van der Waals surface area contributed by atoms with Gasteiger partial charge in [0, 0.05) is 45.9 Å². The fourth-order valence-corrected chi connectivity index (χ4v) is 4.12. The number of aliphatic carboxylic acids is 1. The molecule has 0 spiro atoms. The number of nitrogens with zero attached hydrogens (tertiary/aromatic N) is 1. The first-order valence-electron chi connectivity index (χ1n) is 10.5. The van der Waals surface area contributed by atoms with E-state index in [0.29, 0.717) is 12.0 Å². The van der Waals surface area contributed by atoms with Gasteiger partial charge in [0.15, 0.2) is 0 Å². The Kier molecular flexibility index (Phi) is 10.1. The summed E-state index contributed by atoms with van der Waals surface area (Å²) >= 11 is 0. The SMILES string of the molecule is COc1ccc(C[C@H]2CN(CC3CCOCC3)CC[C@H]2OC)cc1.O=C(O)C(F)(F)F. The summed E-state index contributed by atoms with van der Waals surface area (Å²) in [6, 6.07) is 8.48. The van der Waals surface area contributed by atoms with E-state index in [9.17, 15) is 13.2 Å². The Bertz CT molecular complexity index is 662. The highest BCUT2D eigenvalue weighted by Gasteiger charge is 2.38. The van der Waals surface area contributed by atoms with Crippen molar-refractivity contribution in [1.82, 2.24) is 4.90 Å². The molecule has 1 N–H and O–H groups in total. The number of alkyl halides is 3. The number of ether oxygens (including phenoxy) is 3. The fraction of sp³-hybridized carbons (Fsp3) is 0.682. The van der Waals surface area contributed by atoms with Crippen LogP contribution in [-0.2, 0) is 20.7 Å². The number of likely N-dealkylation sites (tertiary alicyclic amines) is 1. The molecular weight excluding hydrogens is 415 g/mol. The number of piperidine rings is 1. The monoisotopic (exact) mass is 447 g/mol. The van der Waals surface area contributed by atoms with E-state index in [2.05, 4.69) is 29.2 Å². The number of hydrogen-bond donors (Lipinski definition) is 1. The van der Waals surface area contributed by atoms with Gasteiger partial charge in [0.1, 0.15) is 5.75 Å². The average molecular weight is 447 g/mol. The summed E-state index contributed by atoms with van der Waals surface area (Å²) in [4.78, 5) is 11.5. The summed E-state index contributed by atoms with van der Waals surface area (Å²) in [5, 5.41) is 7.12. The molecule has 176 valence electrons. The number of halogens is 3. The van der Waals surface area contributed by atoms with Gasteiger partial charge in [0.2, 0.25) is 0 Å². The van der Waals surface area contributed by atoms with Gasteiger partial charge in [-0.3, -0.25) is 0 Å². The third-order valence-corrected chi connectivity index (χ3v) is 5.81. The molecule has 1 aromatic rings. The smallest absolute Gasteiger partial charge is 0.490 e. The minimum Gasteiger partial charge on any atom is -0.497 e. The average Bonchev–Trinajstić information content (AvgIpc) is 2.75. The Hall–Kier alpha value is -1.84. The standard InChI is InChI=1S/C20H31NO3.C2HF3O2/c1-22-19-5-3-16(4-6-19)13-18-15-21(10-7-20(18)23-2)14-17-8-11-24-12-9-17;3-2(4,5)1(6)7/h3-6,17-18,20H,7-15H2,1-2H3;(H,6,7)/t18-,20+;/m0./s1. The molecule has 0 saturated carbocycles. The highest BCUT2D eigenvalue weighted by atomic mass is 19.4. The molecule has 2 saturated heterocycles. The lowest BCUT2D eigenvalue weighted by atomic mass is 9.87. The molecule has 1 aromatic carbocycles. The largest absolute Gasteiger partial charge is 0.497 e. The molecule has 0 amide bonds. The minimum atomic E-state index is -5.08. The van der Waals surface area contributed by atoms with E-state index in [1.165, 1.54) is 24.9 Å². The summed E-state index contributed by atoms with van der Waals surface area (Å²) in [5.74, 6) is -0.462. The molecule has 2 atom stereocenters. The Morgan fingerprint density at radius 1 is 1.16 bits per heavy atom. The Balaban J connectivity index is 0.000000423. The molecule has 0 radical (unpaired) electrons. The molecule has 3 rings (SSSR count). The van der Waals surface area contributed by atoms with Gasteiger partial charge in [-0.05, 0) is 49.3 Å². The van der Waals surface area contributed by atoms with Gasteiger partial charge in [0.25, 0.3) is 0 Å². The van der Waals surface area contributed by atoms with E-state index in [1.54, 1.807) is 7.11 Å². The van der Waals surface area contributed by atoms with Crippen molar-refractivity contribution in [2.24, 2.45) is 11.8 Å². The van der Waals surface area contributed by atoms with Crippen LogP contribution in [0.25, 0.3) is 0 Å². The number of rotatable bonds is 6. The van der Waals surface area contributed by atoms with Crippen LogP contribution in [0.4, 0.5) is 13.2 Å². The normalized spacial score (nSPS) is 23.0. The van der Waals surface area contributed by atoms with Crippen LogP contribution in [0.15, 0.2) is 24.3 Å². The molecule has 2 heterocycles. The second kappa shape index (κ2) is 12.3. The molecule has 0 bridgehead atoms. The molecule has 6 nitrogen and oxygen atoms in total. The van der Waals surface area contributed by atoms with Gasteiger partial charge in [-0.25, -0.2) is 4.79 Å². The van der Waals surface area contributed by atoms with E-state index >= 15 is 0 Å². The summed E-state index contributed by atoms with van der Waals surface area (Å²) in [6.07, 6.45) is -0.0633. The number of benzene rings is 1. The number of carboxylic acids is 1. The molecule has 0 aliphatic carbocycles. The summed E-state index contributed by atoms with van der Waals surface area (Å²) in [7, 11) is 3.57. The Labute approximate surface area is 181 Å². The molecule has 31 heavy (non-hydrogen) atoms. The summed E-state index contributed by atoms with van der Waals surface area (Å²) in [5.41, 5.74) is 1.37. The van der Waals surface area contributed by atoms with Crippen LogP contribution < -0.4 is 4.74 Å². The summed E-state index contributed by atoms with van der Waals surface area (Å²) in [6.45, 7) is 5.40. The van der Waals surface area contributed by atoms with Gasteiger partial charge < -0.3 is 24.2 Å². The van der Waals surface area contributed by atoms with Gasteiger partial charge >= 0.3 is 12.1 Å². The predicted octanol–water partition coefficient (Wildman–Crippen LogP) is 3.63. The topological polar surface area (TPSA) is 68.2 Å². The Morgan fingerprint density at radius 2 is 1.77 bits per heavy atom. The van der Waals surface area contributed by atoms with Crippen molar-refractivity contribution in [2.45, 2.75) is 38.0 Å². The van der Waals surface area contributed by atoms with Crippen molar-refractivity contribution in [3.8, 4) is 5.75 Å². The maximum atomic E-state index is 10.6.